The zero-order chi connectivity index (χ0) is 24.1. The number of hydrogen-bond donors (Lipinski definition) is 1. The predicted molar refractivity (Wildman–Crippen MR) is 135 cm³/mol. The quantitative estimate of drug-likeness (QED) is 0.291. The highest BCUT2D eigenvalue weighted by Crippen LogP contribution is 2.28. The number of carbonyl (C=O) groups excluding carboxylic acids is 2. The van der Waals surface area contributed by atoms with Crippen LogP contribution in [0.4, 0.5) is 11.5 Å². The van der Waals surface area contributed by atoms with Crippen LogP contribution in [-0.2, 0) is 10.5 Å². The summed E-state index contributed by atoms with van der Waals surface area (Å²) < 4.78 is 4.73. The number of anilines is 2. The Labute approximate surface area is 203 Å². The van der Waals surface area contributed by atoms with E-state index < -0.39 is 5.97 Å². The molecule has 0 aliphatic carbocycles. The van der Waals surface area contributed by atoms with Crippen molar-refractivity contribution in [2.45, 2.75) is 37.6 Å². The van der Waals surface area contributed by atoms with Crippen molar-refractivity contribution in [1.82, 2.24) is 9.97 Å². The Bertz CT molecular complexity index is 1190. The molecule has 0 bridgehead atoms. The van der Waals surface area contributed by atoms with E-state index in [2.05, 4.69) is 22.1 Å². The van der Waals surface area contributed by atoms with E-state index in [1.165, 1.54) is 20.0 Å². The van der Waals surface area contributed by atoms with Crippen molar-refractivity contribution < 1.29 is 14.3 Å². The maximum Gasteiger partial charge on any atom is 0.337 e. The van der Waals surface area contributed by atoms with Crippen LogP contribution < -0.4 is 10.2 Å². The highest BCUT2D eigenvalue weighted by atomic mass is 32.2. The third kappa shape index (κ3) is 5.56. The Morgan fingerprint density at radius 3 is 2.47 bits per heavy atom. The summed E-state index contributed by atoms with van der Waals surface area (Å²) in [5.41, 5.74) is 4.71. The molecular weight excluding hydrogens is 448 g/mol. The minimum absolute atomic E-state index is 0.242. The second-order valence-corrected chi connectivity index (χ2v) is 9.19. The number of aromatic nitrogens is 2. The molecule has 1 aliphatic rings. The van der Waals surface area contributed by atoms with Crippen LogP contribution in [0, 0.1) is 13.8 Å². The van der Waals surface area contributed by atoms with E-state index in [9.17, 15) is 9.59 Å². The van der Waals surface area contributed by atoms with Crippen LogP contribution in [0.3, 0.4) is 0 Å². The van der Waals surface area contributed by atoms with Crippen molar-refractivity contribution in [3.63, 3.8) is 0 Å². The van der Waals surface area contributed by atoms with E-state index in [0.29, 0.717) is 22.6 Å². The summed E-state index contributed by atoms with van der Waals surface area (Å²) in [5.74, 6) is 1.08. The van der Waals surface area contributed by atoms with Gasteiger partial charge in [-0.1, -0.05) is 30.0 Å². The number of aryl methyl sites for hydroxylation is 1. The normalized spacial score (nSPS) is 13.1. The Balaban J connectivity index is 1.39. The molecule has 0 unspecified atom stereocenters. The molecule has 1 aliphatic heterocycles. The first-order chi connectivity index (χ1) is 16.4. The van der Waals surface area contributed by atoms with Gasteiger partial charge in [-0.15, -0.1) is 0 Å². The number of thioether (sulfide) groups is 1. The summed E-state index contributed by atoms with van der Waals surface area (Å²) in [7, 11) is 1.33. The molecule has 1 aromatic heterocycles. The molecule has 1 fully saturated rings. The third-order valence-electron chi connectivity index (χ3n) is 5.87. The summed E-state index contributed by atoms with van der Waals surface area (Å²) in [6.45, 7) is 6.23. The summed E-state index contributed by atoms with van der Waals surface area (Å²) >= 11 is 1.60. The van der Waals surface area contributed by atoms with Gasteiger partial charge in [-0.3, -0.25) is 4.79 Å². The molecule has 0 saturated carbocycles. The zero-order valence-corrected chi connectivity index (χ0v) is 20.4. The number of nitrogens with zero attached hydrogens (tertiary/aromatic N) is 3. The minimum atomic E-state index is -0.446. The van der Waals surface area contributed by atoms with E-state index in [4.69, 9.17) is 9.72 Å². The zero-order valence-electron chi connectivity index (χ0n) is 19.6. The van der Waals surface area contributed by atoms with Crippen LogP contribution in [0.15, 0.2) is 53.7 Å². The Hall–Kier alpha value is -3.39. The molecule has 2 aromatic carbocycles. The van der Waals surface area contributed by atoms with Crippen molar-refractivity contribution in [1.29, 1.82) is 0 Å². The van der Waals surface area contributed by atoms with Crippen LogP contribution >= 0.6 is 11.8 Å². The summed E-state index contributed by atoms with van der Waals surface area (Å²) in [5, 5.41) is 3.60. The highest BCUT2D eigenvalue weighted by molar-refractivity contribution is 7.98. The molecule has 1 saturated heterocycles. The summed E-state index contributed by atoms with van der Waals surface area (Å²) in [4.78, 5) is 36.2. The molecule has 0 spiro atoms. The van der Waals surface area contributed by atoms with Crippen LogP contribution in [0.5, 0.6) is 0 Å². The molecule has 2 heterocycles. The fourth-order valence-electron chi connectivity index (χ4n) is 3.84. The monoisotopic (exact) mass is 476 g/mol. The van der Waals surface area contributed by atoms with Crippen molar-refractivity contribution in [3.05, 3.63) is 76.5 Å². The smallest absolute Gasteiger partial charge is 0.337 e. The van der Waals surface area contributed by atoms with Gasteiger partial charge in [-0.2, -0.15) is 0 Å². The standard InChI is InChI=1S/C26H28N4O3S/c1-17-18(2)27-26(29-23(17)30-13-4-5-14-30)34-16-19-9-11-20(12-10-19)24(31)28-22-8-6-7-21(15-22)25(32)33-3/h6-12,15H,4-5,13-14,16H2,1-3H3,(H,28,31). The Morgan fingerprint density at radius 2 is 1.76 bits per heavy atom. The lowest BCUT2D eigenvalue weighted by molar-refractivity contribution is 0.0600. The maximum atomic E-state index is 12.6. The van der Waals surface area contributed by atoms with E-state index in [0.717, 1.165) is 40.9 Å². The molecule has 1 amide bonds. The van der Waals surface area contributed by atoms with Gasteiger partial charge in [0.05, 0.1) is 12.7 Å². The molecule has 1 N–H and O–H groups in total. The second-order valence-electron chi connectivity index (χ2n) is 8.25. The molecule has 34 heavy (non-hydrogen) atoms. The van der Waals surface area contributed by atoms with Gasteiger partial charge in [-0.05, 0) is 62.6 Å². The van der Waals surface area contributed by atoms with Gasteiger partial charge in [0.1, 0.15) is 5.82 Å². The number of hydrogen-bond acceptors (Lipinski definition) is 7. The van der Waals surface area contributed by atoms with Crippen LogP contribution in [-0.4, -0.2) is 42.0 Å². The SMILES string of the molecule is COC(=O)c1cccc(NC(=O)c2ccc(CSc3nc(C)c(C)c(N4CCCC4)n3)cc2)c1. The first-order valence-corrected chi connectivity index (χ1v) is 12.2. The van der Waals surface area contributed by atoms with Gasteiger partial charge in [0, 0.05) is 41.4 Å². The Kier molecular flexibility index (Phi) is 7.47. The van der Waals surface area contributed by atoms with Crippen molar-refractivity contribution in [2.24, 2.45) is 0 Å². The molecule has 7 nitrogen and oxygen atoms in total. The molecule has 0 radical (unpaired) electrons. The number of carbonyl (C=O) groups is 2. The maximum absolute atomic E-state index is 12.6. The van der Waals surface area contributed by atoms with Crippen molar-refractivity contribution in [3.8, 4) is 0 Å². The second kappa shape index (κ2) is 10.7. The number of ether oxygens (including phenoxy) is 1. The average molecular weight is 477 g/mol. The first-order valence-electron chi connectivity index (χ1n) is 11.3. The van der Waals surface area contributed by atoms with Crippen molar-refractivity contribution >= 4 is 35.1 Å². The Morgan fingerprint density at radius 1 is 1.03 bits per heavy atom. The van der Waals surface area contributed by atoms with E-state index in [-0.39, 0.29) is 5.91 Å². The molecular formula is C26H28N4O3S. The summed E-state index contributed by atoms with van der Waals surface area (Å²) in [6, 6.07) is 14.1. The van der Waals surface area contributed by atoms with E-state index >= 15 is 0 Å². The van der Waals surface area contributed by atoms with Gasteiger partial charge in [0.25, 0.3) is 5.91 Å². The average Bonchev–Trinajstić information content (AvgIpc) is 3.39. The molecule has 176 valence electrons. The van der Waals surface area contributed by atoms with Gasteiger partial charge < -0.3 is 15.0 Å². The van der Waals surface area contributed by atoms with Crippen LogP contribution in [0.2, 0.25) is 0 Å². The number of nitrogens with one attached hydrogen (secondary N) is 1. The summed E-state index contributed by atoms with van der Waals surface area (Å²) in [6.07, 6.45) is 2.42. The number of amides is 1. The van der Waals surface area contributed by atoms with Gasteiger partial charge in [0.15, 0.2) is 5.16 Å². The number of esters is 1. The van der Waals surface area contributed by atoms with E-state index in [1.807, 2.05) is 19.1 Å². The lowest BCUT2D eigenvalue weighted by atomic mass is 10.1. The minimum Gasteiger partial charge on any atom is -0.465 e. The lowest BCUT2D eigenvalue weighted by Gasteiger charge is -2.20. The van der Waals surface area contributed by atoms with Gasteiger partial charge in [0.2, 0.25) is 0 Å². The van der Waals surface area contributed by atoms with E-state index in [1.54, 1.807) is 48.2 Å². The molecule has 3 aromatic rings. The van der Waals surface area contributed by atoms with Crippen molar-refractivity contribution in [2.75, 3.05) is 30.4 Å². The highest BCUT2D eigenvalue weighted by Gasteiger charge is 2.18. The van der Waals surface area contributed by atoms with Crippen LogP contribution in [0.1, 0.15) is 50.4 Å². The molecule has 0 atom stereocenters. The molecule has 4 rings (SSSR count). The fourth-order valence-corrected chi connectivity index (χ4v) is 4.68. The fraction of sp³-hybridized carbons (Fsp3) is 0.308. The molecule has 8 heteroatoms. The number of rotatable bonds is 7. The largest absolute Gasteiger partial charge is 0.465 e. The predicted octanol–water partition coefficient (Wildman–Crippen LogP) is 5.02. The topological polar surface area (TPSA) is 84.4 Å². The lowest BCUT2D eigenvalue weighted by Crippen LogP contribution is -2.21. The van der Waals surface area contributed by atoms with Crippen LogP contribution in [0.25, 0.3) is 0 Å². The number of methoxy groups -OCH3 is 1. The third-order valence-corrected chi connectivity index (χ3v) is 6.79. The number of benzene rings is 2. The van der Waals surface area contributed by atoms with Gasteiger partial charge in [-0.25, -0.2) is 14.8 Å². The van der Waals surface area contributed by atoms with Gasteiger partial charge >= 0.3 is 5.97 Å². The first kappa shape index (κ1) is 23.8.